The Morgan fingerprint density at radius 2 is 1.60 bits per heavy atom. The van der Waals surface area contributed by atoms with Gasteiger partial charge in [-0.25, -0.2) is 17.2 Å². The molecule has 4 rings (SSSR count). The van der Waals surface area contributed by atoms with E-state index in [1.54, 1.807) is 18.2 Å². The Hall–Kier alpha value is -2.20. The maximum Gasteiger partial charge on any atom is 0.391 e. The van der Waals surface area contributed by atoms with Gasteiger partial charge in [0, 0.05) is 38.1 Å². The second-order valence-electron chi connectivity index (χ2n) is 9.65. The number of halogens is 5. The van der Waals surface area contributed by atoms with E-state index in [0.29, 0.717) is 44.7 Å². The minimum absolute atomic E-state index is 0.138. The van der Waals surface area contributed by atoms with Crippen LogP contribution in [-0.4, -0.2) is 51.9 Å². The molecule has 0 aromatic heterocycles. The van der Waals surface area contributed by atoms with Crippen LogP contribution in [0.1, 0.15) is 37.3 Å². The number of piperazine rings is 1. The van der Waals surface area contributed by atoms with Crippen LogP contribution in [0.25, 0.3) is 0 Å². The van der Waals surface area contributed by atoms with Gasteiger partial charge in [-0.05, 0) is 67.5 Å². The Balaban J connectivity index is 1.53. The van der Waals surface area contributed by atoms with Gasteiger partial charge < -0.3 is 4.90 Å². The van der Waals surface area contributed by atoms with Crippen LogP contribution in [-0.2, 0) is 9.84 Å². The number of nitrogens with zero attached hydrogens (tertiary/aromatic N) is 2. The molecule has 10 heteroatoms. The van der Waals surface area contributed by atoms with E-state index in [1.165, 1.54) is 18.2 Å². The summed E-state index contributed by atoms with van der Waals surface area (Å²) in [5.41, 5.74) is 1.44. The lowest BCUT2D eigenvalue weighted by Crippen LogP contribution is -2.50. The van der Waals surface area contributed by atoms with Crippen LogP contribution in [0.15, 0.2) is 47.4 Å². The molecular weight excluding hydrogens is 487 g/mol. The molecule has 4 nitrogen and oxygen atoms in total. The van der Waals surface area contributed by atoms with Gasteiger partial charge in [-0.2, -0.15) is 13.2 Å². The molecular formula is C25H29F5N2O2S. The van der Waals surface area contributed by atoms with E-state index in [-0.39, 0.29) is 35.5 Å². The van der Waals surface area contributed by atoms with E-state index in [9.17, 15) is 30.4 Å². The van der Waals surface area contributed by atoms with Gasteiger partial charge in [-0.1, -0.05) is 12.1 Å². The summed E-state index contributed by atoms with van der Waals surface area (Å²) in [6, 6.07) is 10.00. The molecule has 1 heterocycles. The van der Waals surface area contributed by atoms with Gasteiger partial charge in [-0.15, -0.1) is 0 Å². The molecule has 2 fully saturated rings. The summed E-state index contributed by atoms with van der Waals surface area (Å²) in [5.74, 6) is -2.26. The first kappa shape index (κ1) is 25.9. The predicted molar refractivity (Wildman–Crippen MR) is 124 cm³/mol. The minimum Gasteiger partial charge on any atom is -0.368 e. The first-order valence-corrected chi connectivity index (χ1v) is 13.6. The standard InChI is InChI=1S/C25H29F5N2O2S/c1-35(33,34)24-14-21(10-11-22(24)27)31-12-13-32(23(16-31)18-4-8-20(26)9-5-18)15-17-2-6-19(7-3-17)25(28,29)30/h4-5,8-11,14,17,19,23H,2-3,6-7,12-13,15-16H2,1H3. The largest absolute Gasteiger partial charge is 0.391 e. The van der Waals surface area contributed by atoms with Gasteiger partial charge in [-0.3, -0.25) is 4.90 Å². The van der Waals surface area contributed by atoms with Gasteiger partial charge in [0.1, 0.15) is 16.5 Å². The zero-order chi connectivity index (χ0) is 25.4. The van der Waals surface area contributed by atoms with Crippen molar-refractivity contribution in [3.63, 3.8) is 0 Å². The third-order valence-electron chi connectivity index (χ3n) is 7.23. The molecule has 1 saturated carbocycles. The van der Waals surface area contributed by atoms with Crippen molar-refractivity contribution < 1.29 is 30.4 Å². The smallest absolute Gasteiger partial charge is 0.368 e. The molecule has 1 aliphatic carbocycles. The molecule has 0 bridgehead atoms. The van der Waals surface area contributed by atoms with Crippen molar-refractivity contribution in [2.75, 3.05) is 37.3 Å². The Bertz CT molecular complexity index is 1130. The van der Waals surface area contributed by atoms with Crippen molar-refractivity contribution in [3.05, 3.63) is 59.7 Å². The maximum atomic E-state index is 14.1. The van der Waals surface area contributed by atoms with E-state index >= 15 is 0 Å². The Morgan fingerprint density at radius 3 is 2.20 bits per heavy atom. The number of hydrogen-bond donors (Lipinski definition) is 0. The first-order chi connectivity index (χ1) is 16.4. The molecule has 1 unspecified atom stereocenters. The van der Waals surface area contributed by atoms with Crippen LogP contribution in [0, 0.1) is 23.5 Å². The molecule has 1 saturated heterocycles. The van der Waals surface area contributed by atoms with Gasteiger partial charge in [0.2, 0.25) is 0 Å². The van der Waals surface area contributed by atoms with Crippen molar-refractivity contribution in [1.82, 2.24) is 4.90 Å². The number of anilines is 1. The minimum atomic E-state index is -4.15. The number of hydrogen-bond acceptors (Lipinski definition) is 4. The van der Waals surface area contributed by atoms with Crippen molar-refractivity contribution in [1.29, 1.82) is 0 Å². The molecule has 0 N–H and O–H groups in total. The Kier molecular flexibility index (Phi) is 7.43. The van der Waals surface area contributed by atoms with Gasteiger partial charge in [0.25, 0.3) is 0 Å². The molecule has 2 aliphatic rings. The third-order valence-corrected chi connectivity index (χ3v) is 8.34. The normalized spacial score (nSPS) is 24.5. The van der Waals surface area contributed by atoms with E-state index in [4.69, 9.17) is 0 Å². The fourth-order valence-corrected chi connectivity index (χ4v) is 6.01. The van der Waals surface area contributed by atoms with Crippen molar-refractivity contribution in [2.45, 2.75) is 42.8 Å². The van der Waals surface area contributed by atoms with Crippen LogP contribution in [0.2, 0.25) is 0 Å². The van der Waals surface area contributed by atoms with Crippen LogP contribution in [0.4, 0.5) is 27.6 Å². The maximum absolute atomic E-state index is 14.1. The number of alkyl halides is 3. The molecule has 1 atom stereocenters. The zero-order valence-corrected chi connectivity index (χ0v) is 20.3. The van der Waals surface area contributed by atoms with Crippen molar-refractivity contribution in [3.8, 4) is 0 Å². The predicted octanol–water partition coefficient (Wildman–Crippen LogP) is 5.60. The van der Waals surface area contributed by atoms with Crippen LogP contribution < -0.4 is 4.90 Å². The summed E-state index contributed by atoms with van der Waals surface area (Å²) in [6.45, 7) is 2.23. The van der Waals surface area contributed by atoms with Gasteiger partial charge in [0.05, 0.1) is 12.0 Å². The fraction of sp³-hybridized carbons (Fsp3) is 0.520. The Morgan fingerprint density at radius 1 is 0.943 bits per heavy atom. The number of benzene rings is 2. The lowest BCUT2D eigenvalue weighted by atomic mass is 9.81. The molecule has 0 spiro atoms. The lowest BCUT2D eigenvalue weighted by Gasteiger charge is -2.45. The summed E-state index contributed by atoms with van der Waals surface area (Å²) in [5, 5.41) is 0. The SMILES string of the molecule is CS(=O)(=O)c1cc(N2CCN(CC3CCC(C(F)(F)F)CC3)C(c3ccc(F)cc3)C2)ccc1F. The van der Waals surface area contributed by atoms with Crippen molar-refractivity contribution in [2.24, 2.45) is 11.8 Å². The summed E-state index contributed by atoms with van der Waals surface area (Å²) >= 11 is 0. The highest BCUT2D eigenvalue weighted by molar-refractivity contribution is 7.90. The molecule has 0 amide bonds. The highest BCUT2D eigenvalue weighted by Crippen LogP contribution is 2.40. The average molecular weight is 517 g/mol. The average Bonchev–Trinajstić information content (AvgIpc) is 2.79. The summed E-state index contributed by atoms with van der Waals surface area (Å²) < 4.78 is 90.9. The highest BCUT2D eigenvalue weighted by atomic mass is 32.2. The molecule has 1 aliphatic heterocycles. The second-order valence-corrected chi connectivity index (χ2v) is 11.6. The number of rotatable bonds is 5. The van der Waals surface area contributed by atoms with Gasteiger partial charge >= 0.3 is 6.18 Å². The summed E-state index contributed by atoms with van der Waals surface area (Å²) in [7, 11) is -3.74. The first-order valence-electron chi connectivity index (χ1n) is 11.7. The topological polar surface area (TPSA) is 40.6 Å². The highest BCUT2D eigenvalue weighted by Gasteiger charge is 2.42. The summed E-state index contributed by atoms with van der Waals surface area (Å²) in [4.78, 5) is 3.83. The lowest BCUT2D eigenvalue weighted by molar-refractivity contribution is -0.184. The molecule has 35 heavy (non-hydrogen) atoms. The third kappa shape index (κ3) is 6.14. The van der Waals surface area contributed by atoms with Crippen LogP contribution in [0.3, 0.4) is 0 Å². The molecule has 2 aromatic carbocycles. The van der Waals surface area contributed by atoms with E-state index in [1.807, 2.05) is 4.90 Å². The zero-order valence-electron chi connectivity index (χ0n) is 19.4. The molecule has 0 radical (unpaired) electrons. The fourth-order valence-electron chi connectivity index (χ4n) is 5.25. The monoisotopic (exact) mass is 516 g/mol. The quantitative estimate of drug-likeness (QED) is 0.485. The second kappa shape index (κ2) is 10.0. The van der Waals surface area contributed by atoms with E-state index < -0.39 is 27.7 Å². The molecule has 192 valence electrons. The van der Waals surface area contributed by atoms with Crippen LogP contribution >= 0.6 is 0 Å². The number of sulfone groups is 1. The van der Waals surface area contributed by atoms with Crippen LogP contribution in [0.5, 0.6) is 0 Å². The van der Waals surface area contributed by atoms with Crippen molar-refractivity contribution >= 4 is 15.5 Å². The summed E-state index contributed by atoms with van der Waals surface area (Å²) in [6.07, 6.45) is -1.89. The van der Waals surface area contributed by atoms with Gasteiger partial charge in [0.15, 0.2) is 9.84 Å². The Labute approximate surface area is 202 Å². The van der Waals surface area contributed by atoms with E-state index in [0.717, 1.165) is 17.9 Å². The molecule has 2 aromatic rings. The van der Waals surface area contributed by atoms with E-state index in [2.05, 4.69) is 4.90 Å².